The minimum atomic E-state index is -0.0474. The fourth-order valence-corrected chi connectivity index (χ4v) is 2.73. The highest BCUT2D eigenvalue weighted by molar-refractivity contribution is 5.74. The van der Waals surface area contributed by atoms with Crippen LogP contribution in [0.4, 0.5) is 10.6 Å². The van der Waals surface area contributed by atoms with Crippen LogP contribution in [0.15, 0.2) is 22.9 Å². The number of nitrogens with zero attached hydrogens (tertiary/aromatic N) is 5. The first-order valence-electron chi connectivity index (χ1n) is 8.77. The van der Waals surface area contributed by atoms with Gasteiger partial charge in [-0.1, -0.05) is 12.1 Å². The van der Waals surface area contributed by atoms with Crippen molar-refractivity contribution < 1.29 is 14.1 Å². The van der Waals surface area contributed by atoms with Gasteiger partial charge in [0, 0.05) is 58.0 Å². The molecule has 9 heteroatoms. The van der Waals surface area contributed by atoms with Crippen molar-refractivity contribution in [2.45, 2.75) is 13.3 Å². The first-order chi connectivity index (χ1) is 12.7. The second-order valence-corrected chi connectivity index (χ2v) is 5.97. The highest BCUT2D eigenvalue weighted by atomic mass is 16.5. The molecule has 2 amide bonds. The first kappa shape index (κ1) is 18.1. The number of hydrogen-bond donors (Lipinski definition) is 1. The largest absolute Gasteiger partial charge is 0.383 e. The molecule has 0 aliphatic carbocycles. The van der Waals surface area contributed by atoms with E-state index >= 15 is 0 Å². The molecule has 0 radical (unpaired) electrons. The lowest BCUT2D eigenvalue weighted by molar-refractivity contribution is 0.177. The van der Waals surface area contributed by atoms with Crippen LogP contribution in [0.1, 0.15) is 12.8 Å². The van der Waals surface area contributed by atoms with E-state index in [1.54, 1.807) is 13.3 Å². The van der Waals surface area contributed by atoms with Crippen LogP contribution in [0.5, 0.6) is 0 Å². The van der Waals surface area contributed by atoms with Gasteiger partial charge in [-0.05, 0) is 12.1 Å². The average molecular weight is 360 g/mol. The Morgan fingerprint density at radius 2 is 2.12 bits per heavy atom. The molecule has 1 N–H and O–H groups in total. The fraction of sp³-hybridized carbons (Fsp3) is 0.529. The smallest absolute Gasteiger partial charge is 0.317 e. The van der Waals surface area contributed by atoms with Gasteiger partial charge < -0.3 is 24.4 Å². The normalized spacial score (nSPS) is 14.5. The van der Waals surface area contributed by atoms with Crippen molar-refractivity contribution in [3.8, 4) is 11.4 Å². The Morgan fingerprint density at radius 1 is 1.31 bits per heavy atom. The van der Waals surface area contributed by atoms with E-state index in [0.717, 1.165) is 24.5 Å². The molecule has 1 saturated heterocycles. The molecular weight excluding hydrogens is 336 g/mol. The standard InChI is InChI=1S/C17H24N6O3/c1-3-15-20-16(21-26-15)13-4-5-14(19-12-13)22-7-9-23(10-8-22)17(24)18-6-11-25-2/h4-5,12H,3,6-11H2,1-2H3,(H,18,24). The van der Waals surface area contributed by atoms with Crippen molar-refractivity contribution in [3.63, 3.8) is 0 Å². The number of amides is 2. The highest BCUT2D eigenvalue weighted by Gasteiger charge is 2.21. The number of rotatable bonds is 6. The number of ether oxygens (including phenoxy) is 1. The van der Waals surface area contributed by atoms with E-state index in [0.29, 0.717) is 44.4 Å². The van der Waals surface area contributed by atoms with E-state index in [9.17, 15) is 4.79 Å². The van der Waals surface area contributed by atoms with Crippen molar-refractivity contribution in [2.24, 2.45) is 0 Å². The molecule has 9 nitrogen and oxygen atoms in total. The molecule has 1 aliphatic heterocycles. The Labute approximate surface area is 152 Å². The summed E-state index contributed by atoms with van der Waals surface area (Å²) in [5.74, 6) is 2.05. The Bertz CT molecular complexity index is 710. The molecule has 2 aromatic heterocycles. The lowest BCUT2D eigenvalue weighted by Crippen LogP contribution is -2.52. The third-order valence-electron chi connectivity index (χ3n) is 4.25. The lowest BCUT2D eigenvalue weighted by atomic mass is 10.2. The van der Waals surface area contributed by atoms with E-state index in [1.165, 1.54) is 0 Å². The van der Waals surface area contributed by atoms with E-state index in [2.05, 4.69) is 25.3 Å². The van der Waals surface area contributed by atoms with Gasteiger partial charge in [0.25, 0.3) is 0 Å². The van der Waals surface area contributed by atoms with Gasteiger partial charge in [0.1, 0.15) is 5.82 Å². The van der Waals surface area contributed by atoms with Crippen LogP contribution in [0, 0.1) is 0 Å². The van der Waals surface area contributed by atoms with Gasteiger partial charge in [-0.2, -0.15) is 4.98 Å². The minimum Gasteiger partial charge on any atom is -0.383 e. The van der Waals surface area contributed by atoms with Crippen LogP contribution in [0.2, 0.25) is 0 Å². The average Bonchev–Trinajstić information content (AvgIpc) is 3.18. The molecule has 2 aromatic rings. The summed E-state index contributed by atoms with van der Waals surface area (Å²) in [7, 11) is 1.62. The zero-order chi connectivity index (χ0) is 18.4. The van der Waals surface area contributed by atoms with Crippen LogP contribution in [-0.4, -0.2) is 72.5 Å². The van der Waals surface area contributed by atoms with Gasteiger partial charge in [-0.3, -0.25) is 0 Å². The molecular formula is C17H24N6O3. The fourth-order valence-electron chi connectivity index (χ4n) is 2.73. The summed E-state index contributed by atoms with van der Waals surface area (Å²) in [6.07, 6.45) is 2.46. The van der Waals surface area contributed by atoms with Gasteiger partial charge in [0.05, 0.1) is 6.61 Å². The summed E-state index contributed by atoms with van der Waals surface area (Å²) in [5.41, 5.74) is 0.827. The van der Waals surface area contributed by atoms with Crippen molar-refractivity contribution in [2.75, 3.05) is 51.3 Å². The molecule has 0 unspecified atom stereocenters. The number of aryl methyl sites for hydroxylation is 1. The Balaban J connectivity index is 1.53. The molecule has 0 bridgehead atoms. The SMILES string of the molecule is CCc1nc(-c2ccc(N3CCN(C(=O)NCCOC)CC3)nc2)no1. The van der Waals surface area contributed by atoms with Crippen LogP contribution >= 0.6 is 0 Å². The monoisotopic (exact) mass is 360 g/mol. The number of anilines is 1. The van der Waals surface area contributed by atoms with Crippen LogP contribution < -0.4 is 10.2 Å². The predicted molar refractivity (Wildman–Crippen MR) is 96.0 cm³/mol. The maximum Gasteiger partial charge on any atom is 0.317 e. The molecule has 3 heterocycles. The molecule has 3 rings (SSSR count). The minimum absolute atomic E-state index is 0.0474. The Hall–Kier alpha value is -2.68. The molecule has 0 atom stereocenters. The summed E-state index contributed by atoms with van der Waals surface area (Å²) in [6.45, 7) is 5.81. The van der Waals surface area contributed by atoms with Crippen LogP contribution in [-0.2, 0) is 11.2 Å². The second-order valence-electron chi connectivity index (χ2n) is 5.97. The quantitative estimate of drug-likeness (QED) is 0.773. The summed E-state index contributed by atoms with van der Waals surface area (Å²) in [6, 6.07) is 3.84. The van der Waals surface area contributed by atoms with Crippen molar-refractivity contribution in [1.29, 1.82) is 0 Å². The lowest BCUT2D eigenvalue weighted by Gasteiger charge is -2.35. The molecule has 1 aliphatic rings. The number of methoxy groups -OCH3 is 1. The third kappa shape index (κ3) is 4.29. The van der Waals surface area contributed by atoms with Crippen molar-refractivity contribution in [3.05, 3.63) is 24.2 Å². The zero-order valence-electron chi connectivity index (χ0n) is 15.1. The summed E-state index contributed by atoms with van der Waals surface area (Å²) < 4.78 is 10.1. The first-order valence-corrected chi connectivity index (χ1v) is 8.77. The molecule has 0 saturated carbocycles. The van der Waals surface area contributed by atoms with E-state index in [-0.39, 0.29) is 6.03 Å². The maximum atomic E-state index is 12.0. The van der Waals surface area contributed by atoms with Crippen LogP contribution in [0.3, 0.4) is 0 Å². The molecule has 26 heavy (non-hydrogen) atoms. The number of carbonyl (C=O) groups excluding carboxylic acids is 1. The number of pyridine rings is 1. The zero-order valence-corrected chi connectivity index (χ0v) is 15.1. The third-order valence-corrected chi connectivity index (χ3v) is 4.25. The number of nitrogens with one attached hydrogen (secondary N) is 1. The van der Waals surface area contributed by atoms with E-state index in [1.807, 2.05) is 24.0 Å². The summed E-state index contributed by atoms with van der Waals surface area (Å²) >= 11 is 0. The number of urea groups is 1. The van der Waals surface area contributed by atoms with Gasteiger partial charge in [-0.25, -0.2) is 9.78 Å². The number of aromatic nitrogens is 3. The summed E-state index contributed by atoms with van der Waals surface area (Å²) in [4.78, 5) is 24.8. The van der Waals surface area contributed by atoms with Gasteiger partial charge in [-0.15, -0.1) is 0 Å². The topological polar surface area (TPSA) is 96.6 Å². The molecule has 140 valence electrons. The van der Waals surface area contributed by atoms with Crippen molar-refractivity contribution >= 4 is 11.8 Å². The van der Waals surface area contributed by atoms with Gasteiger partial charge >= 0.3 is 6.03 Å². The summed E-state index contributed by atoms with van der Waals surface area (Å²) in [5, 5.41) is 6.81. The number of carbonyl (C=O) groups is 1. The molecule has 0 aromatic carbocycles. The number of hydrogen-bond acceptors (Lipinski definition) is 7. The van der Waals surface area contributed by atoms with Crippen LogP contribution in [0.25, 0.3) is 11.4 Å². The maximum absolute atomic E-state index is 12.0. The highest BCUT2D eigenvalue weighted by Crippen LogP contribution is 2.19. The molecule has 0 spiro atoms. The Morgan fingerprint density at radius 3 is 2.73 bits per heavy atom. The van der Waals surface area contributed by atoms with Crippen molar-refractivity contribution in [1.82, 2.24) is 25.3 Å². The van der Waals surface area contributed by atoms with E-state index < -0.39 is 0 Å². The Kier molecular flexibility index (Phi) is 6.00. The van der Waals surface area contributed by atoms with Gasteiger partial charge in [0.15, 0.2) is 0 Å². The van der Waals surface area contributed by atoms with E-state index in [4.69, 9.17) is 9.26 Å². The van der Waals surface area contributed by atoms with Gasteiger partial charge in [0.2, 0.25) is 11.7 Å². The number of piperazine rings is 1. The molecule has 1 fully saturated rings. The predicted octanol–water partition coefficient (Wildman–Crippen LogP) is 1.17. The second kappa shape index (κ2) is 8.61.